The van der Waals surface area contributed by atoms with E-state index in [1.54, 1.807) is 24.6 Å². The number of aromatic amines is 1. The van der Waals surface area contributed by atoms with E-state index in [1.165, 1.54) is 4.68 Å². The Balaban J connectivity index is 1.48. The number of aryl methyl sites for hydroxylation is 1. The number of nitrogens with zero attached hydrogens (tertiary/aromatic N) is 3. The molecule has 1 aromatic carbocycles. The molecule has 0 fully saturated rings. The average molecular weight is 380 g/mol. The molecule has 3 aromatic heterocycles. The molecule has 0 aliphatic heterocycles. The van der Waals surface area contributed by atoms with Gasteiger partial charge < -0.3 is 13.6 Å². The summed E-state index contributed by atoms with van der Waals surface area (Å²) in [4.78, 5) is 0. The number of hydrogen-bond acceptors (Lipinski definition) is 6. The van der Waals surface area contributed by atoms with Gasteiger partial charge in [0.25, 0.3) is 0 Å². The summed E-state index contributed by atoms with van der Waals surface area (Å²) in [5.41, 5.74) is 1.07. The predicted molar refractivity (Wildman–Crippen MR) is 102 cm³/mol. The van der Waals surface area contributed by atoms with Crippen molar-refractivity contribution in [1.29, 1.82) is 0 Å². The van der Waals surface area contributed by atoms with Crippen LogP contribution in [0.1, 0.15) is 17.1 Å². The van der Waals surface area contributed by atoms with Gasteiger partial charge in [-0.2, -0.15) is 9.78 Å². The molecule has 0 aliphatic rings. The van der Waals surface area contributed by atoms with Crippen LogP contribution in [0, 0.1) is 11.7 Å². The Morgan fingerprint density at radius 3 is 2.93 bits per heavy atom. The van der Waals surface area contributed by atoms with Crippen LogP contribution in [0.25, 0.3) is 11.6 Å². The Labute approximate surface area is 159 Å². The van der Waals surface area contributed by atoms with E-state index >= 15 is 0 Å². The van der Waals surface area contributed by atoms with Crippen molar-refractivity contribution in [1.82, 2.24) is 14.9 Å². The van der Waals surface area contributed by atoms with E-state index in [2.05, 4.69) is 15.3 Å². The molecule has 0 atom stereocenters. The monoisotopic (exact) mass is 380 g/mol. The van der Waals surface area contributed by atoms with Gasteiger partial charge in [-0.3, -0.25) is 0 Å². The first-order valence-corrected chi connectivity index (χ1v) is 8.64. The molecule has 0 saturated carbocycles. The number of H-pyrrole nitrogens is 1. The van der Waals surface area contributed by atoms with Gasteiger partial charge >= 0.3 is 0 Å². The van der Waals surface area contributed by atoms with Crippen LogP contribution in [0.5, 0.6) is 5.75 Å². The Morgan fingerprint density at radius 1 is 1.22 bits per heavy atom. The molecule has 4 aromatic rings. The highest BCUT2D eigenvalue weighted by molar-refractivity contribution is 7.71. The lowest BCUT2D eigenvalue weighted by Gasteiger charge is -2.06. The summed E-state index contributed by atoms with van der Waals surface area (Å²) < 4.78 is 18.7. The third-order valence-corrected chi connectivity index (χ3v) is 4.10. The first-order valence-electron chi connectivity index (χ1n) is 8.23. The molecule has 136 valence electrons. The van der Waals surface area contributed by atoms with Crippen molar-refractivity contribution in [3.05, 3.63) is 76.6 Å². The van der Waals surface area contributed by atoms with Gasteiger partial charge in [0.1, 0.15) is 23.9 Å². The lowest BCUT2D eigenvalue weighted by atomic mass is 10.2. The molecule has 0 aliphatic carbocycles. The standard InChI is InChI=1S/C19H16N4O3S/c1-13-5-2-3-6-16(13)25-12-15-9-8-14(26-15)11-20-23-18(21-22-19(23)27)17-7-4-10-24-17/h2-11H,12H2,1H3,(H,22,27). The zero-order valence-electron chi connectivity index (χ0n) is 14.5. The Hall–Kier alpha value is -3.39. The zero-order valence-corrected chi connectivity index (χ0v) is 15.3. The van der Waals surface area contributed by atoms with E-state index in [0.717, 1.165) is 11.3 Å². The van der Waals surface area contributed by atoms with Crippen LogP contribution in [0.3, 0.4) is 0 Å². The van der Waals surface area contributed by atoms with Gasteiger partial charge in [0, 0.05) is 0 Å². The second kappa shape index (κ2) is 7.46. The van der Waals surface area contributed by atoms with Crippen LogP contribution in [0.15, 0.2) is 68.7 Å². The Kier molecular flexibility index (Phi) is 4.71. The van der Waals surface area contributed by atoms with Gasteiger partial charge in [0.2, 0.25) is 10.6 Å². The maximum atomic E-state index is 5.79. The van der Waals surface area contributed by atoms with E-state index in [0.29, 0.717) is 34.5 Å². The van der Waals surface area contributed by atoms with Crippen molar-refractivity contribution in [3.63, 3.8) is 0 Å². The van der Waals surface area contributed by atoms with Crippen LogP contribution in [0.4, 0.5) is 0 Å². The van der Waals surface area contributed by atoms with Gasteiger partial charge in [-0.05, 0) is 55.0 Å². The molecule has 0 unspecified atom stereocenters. The third-order valence-electron chi connectivity index (χ3n) is 3.84. The Morgan fingerprint density at radius 2 is 2.11 bits per heavy atom. The quantitative estimate of drug-likeness (QED) is 0.392. The molecule has 27 heavy (non-hydrogen) atoms. The second-order valence-electron chi connectivity index (χ2n) is 5.74. The molecule has 0 spiro atoms. The summed E-state index contributed by atoms with van der Waals surface area (Å²) in [6.45, 7) is 2.34. The predicted octanol–water partition coefficient (Wildman–Crippen LogP) is 4.56. The maximum Gasteiger partial charge on any atom is 0.219 e. The molecule has 0 radical (unpaired) electrons. The highest BCUT2D eigenvalue weighted by Crippen LogP contribution is 2.19. The van der Waals surface area contributed by atoms with Crippen LogP contribution >= 0.6 is 12.2 Å². The van der Waals surface area contributed by atoms with Crippen LogP contribution < -0.4 is 4.74 Å². The summed E-state index contributed by atoms with van der Waals surface area (Å²) in [7, 11) is 0. The number of para-hydroxylation sites is 1. The van der Waals surface area contributed by atoms with E-state index in [9.17, 15) is 0 Å². The van der Waals surface area contributed by atoms with Crippen LogP contribution in [-0.2, 0) is 6.61 Å². The van der Waals surface area contributed by atoms with Crippen molar-refractivity contribution in [2.24, 2.45) is 5.10 Å². The topological polar surface area (TPSA) is 81.5 Å². The van der Waals surface area contributed by atoms with Crippen molar-refractivity contribution in [3.8, 4) is 17.3 Å². The van der Waals surface area contributed by atoms with E-state index in [1.807, 2.05) is 43.3 Å². The van der Waals surface area contributed by atoms with Crippen molar-refractivity contribution in [2.45, 2.75) is 13.5 Å². The third kappa shape index (κ3) is 3.75. The number of aromatic nitrogens is 3. The lowest BCUT2D eigenvalue weighted by molar-refractivity contribution is 0.268. The number of ether oxygens (including phenoxy) is 1. The van der Waals surface area contributed by atoms with Gasteiger partial charge in [-0.25, -0.2) is 5.10 Å². The van der Waals surface area contributed by atoms with Crippen molar-refractivity contribution < 1.29 is 13.6 Å². The number of rotatable bonds is 6. The SMILES string of the molecule is Cc1ccccc1OCc1ccc(C=Nn2c(-c3ccco3)n[nH]c2=S)o1. The summed E-state index contributed by atoms with van der Waals surface area (Å²) >= 11 is 5.21. The maximum absolute atomic E-state index is 5.79. The largest absolute Gasteiger partial charge is 0.485 e. The highest BCUT2D eigenvalue weighted by atomic mass is 32.1. The second-order valence-corrected chi connectivity index (χ2v) is 6.13. The minimum atomic E-state index is 0.335. The number of nitrogens with one attached hydrogen (secondary N) is 1. The first kappa shape index (κ1) is 17.0. The molecule has 0 bridgehead atoms. The van der Waals surface area contributed by atoms with E-state index in [4.69, 9.17) is 25.8 Å². The molecule has 0 saturated heterocycles. The van der Waals surface area contributed by atoms with Crippen LogP contribution in [0.2, 0.25) is 0 Å². The zero-order chi connectivity index (χ0) is 18.6. The fourth-order valence-corrected chi connectivity index (χ4v) is 2.67. The van der Waals surface area contributed by atoms with Gasteiger partial charge in [-0.1, -0.05) is 18.2 Å². The summed E-state index contributed by atoms with van der Waals surface area (Å²) in [5.74, 6) is 3.15. The first-order chi connectivity index (χ1) is 13.2. The van der Waals surface area contributed by atoms with Crippen molar-refractivity contribution in [2.75, 3.05) is 0 Å². The minimum absolute atomic E-state index is 0.335. The lowest BCUT2D eigenvalue weighted by Crippen LogP contribution is -1.95. The molecule has 1 N–H and O–H groups in total. The van der Waals surface area contributed by atoms with Crippen LogP contribution in [-0.4, -0.2) is 21.1 Å². The summed E-state index contributed by atoms with van der Waals surface area (Å²) in [5, 5.41) is 11.2. The fraction of sp³-hybridized carbons (Fsp3) is 0.105. The fourth-order valence-electron chi connectivity index (χ4n) is 2.49. The normalized spacial score (nSPS) is 11.3. The smallest absolute Gasteiger partial charge is 0.219 e. The molecule has 7 nitrogen and oxygen atoms in total. The molecular formula is C19H16N4O3S. The summed E-state index contributed by atoms with van der Waals surface area (Å²) in [6, 6.07) is 15.1. The van der Waals surface area contributed by atoms with Gasteiger partial charge in [-0.15, -0.1) is 5.10 Å². The average Bonchev–Trinajstić information content (AvgIpc) is 3.40. The van der Waals surface area contributed by atoms with E-state index in [-0.39, 0.29) is 0 Å². The van der Waals surface area contributed by atoms with Crippen molar-refractivity contribution >= 4 is 18.4 Å². The molecular weight excluding hydrogens is 364 g/mol. The molecule has 8 heteroatoms. The van der Waals surface area contributed by atoms with Gasteiger partial charge in [0.15, 0.2) is 5.76 Å². The molecule has 0 amide bonds. The molecule has 3 heterocycles. The summed E-state index contributed by atoms with van der Waals surface area (Å²) in [6.07, 6.45) is 3.13. The highest BCUT2D eigenvalue weighted by Gasteiger charge is 2.10. The van der Waals surface area contributed by atoms with Gasteiger partial charge in [0.05, 0.1) is 12.5 Å². The Bertz CT molecular complexity index is 1120. The molecule has 4 rings (SSSR count). The number of furan rings is 2. The minimum Gasteiger partial charge on any atom is -0.485 e. The number of benzene rings is 1. The number of hydrogen-bond donors (Lipinski definition) is 1. The van der Waals surface area contributed by atoms with E-state index < -0.39 is 0 Å².